The Morgan fingerprint density at radius 2 is 1.35 bits per heavy atom. The standard InChI is InChI=1S/C26H28O5/c1-4-30-25(27)23-18-15-19(24(23)26(28)31-5-2)22(17-13-9-10-14-20(17)29-3)21(18)16-11-7-6-8-12-16/h6-14,18-19,21-22H,4-5,15H2,1-3H3. The fourth-order valence-electron chi connectivity index (χ4n) is 5.47. The van der Waals surface area contributed by atoms with Gasteiger partial charge in [0.15, 0.2) is 0 Å². The average Bonchev–Trinajstić information content (AvgIpc) is 3.36. The highest BCUT2D eigenvalue weighted by Crippen LogP contribution is 2.64. The number of rotatable bonds is 7. The van der Waals surface area contributed by atoms with Gasteiger partial charge in [-0.15, -0.1) is 0 Å². The summed E-state index contributed by atoms with van der Waals surface area (Å²) >= 11 is 0. The maximum absolute atomic E-state index is 13.0. The van der Waals surface area contributed by atoms with E-state index in [1.165, 1.54) is 0 Å². The first kappa shape index (κ1) is 21.2. The molecule has 1 saturated carbocycles. The second-order valence-corrected chi connectivity index (χ2v) is 7.92. The van der Waals surface area contributed by atoms with Gasteiger partial charge in [-0.05, 0) is 55.2 Å². The Hall–Kier alpha value is -3.08. The molecule has 0 radical (unpaired) electrons. The van der Waals surface area contributed by atoms with Crippen molar-refractivity contribution < 1.29 is 23.8 Å². The lowest BCUT2D eigenvalue weighted by atomic mass is 9.69. The van der Waals surface area contributed by atoms with Gasteiger partial charge in [0.05, 0.1) is 31.5 Å². The van der Waals surface area contributed by atoms with Crippen LogP contribution in [0, 0.1) is 11.8 Å². The zero-order valence-corrected chi connectivity index (χ0v) is 18.2. The van der Waals surface area contributed by atoms with Crippen molar-refractivity contribution in [3.8, 4) is 5.75 Å². The molecule has 1 fully saturated rings. The molecule has 0 N–H and O–H groups in total. The van der Waals surface area contributed by atoms with Crippen LogP contribution >= 0.6 is 0 Å². The number of fused-ring (bicyclic) bond motifs is 2. The van der Waals surface area contributed by atoms with Crippen LogP contribution in [0.2, 0.25) is 0 Å². The smallest absolute Gasteiger partial charge is 0.334 e. The molecule has 0 heterocycles. The third kappa shape index (κ3) is 3.62. The summed E-state index contributed by atoms with van der Waals surface area (Å²) in [5.74, 6) is -0.226. The molecule has 0 amide bonds. The van der Waals surface area contributed by atoms with Gasteiger partial charge >= 0.3 is 11.9 Å². The van der Waals surface area contributed by atoms with Crippen LogP contribution in [0.25, 0.3) is 0 Å². The van der Waals surface area contributed by atoms with Crippen LogP contribution in [0.5, 0.6) is 5.75 Å². The van der Waals surface area contributed by atoms with Gasteiger partial charge in [0.1, 0.15) is 5.75 Å². The van der Waals surface area contributed by atoms with Crippen LogP contribution in [0.1, 0.15) is 43.2 Å². The van der Waals surface area contributed by atoms with Crippen LogP contribution in [0.3, 0.4) is 0 Å². The molecule has 0 spiro atoms. The summed E-state index contributed by atoms with van der Waals surface area (Å²) in [5.41, 5.74) is 3.17. The highest BCUT2D eigenvalue weighted by molar-refractivity contribution is 6.03. The van der Waals surface area contributed by atoms with Gasteiger partial charge in [-0.1, -0.05) is 48.5 Å². The minimum Gasteiger partial charge on any atom is -0.496 e. The zero-order valence-electron chi connectivity index (χ0n) is 18.2. The molecule has 2 aliphatic rings. The Balaban J connectivity index is 1.90. The summed E-state index contributed by atoms with van der Waals surface area (Å²) in [5, 5.41) is 0. The molecule has 5 nitrogen and oxygen atoms in total. The van der Waals surface area contributed by atoms with Crippen molar-refractivity contribution in [2.75, 3.05) is 20.3 Å². The van der Waals surface area contributed by atoms with E-state index in [1.807, 2.05) is 36.4 Å². The van der Waals surface area contributed by atoms with Crippen LogP contribution in [0.4, 0.5) is 0 Å². The van der Waals surface area contributed by atoms with E-state index in [-0.39, 0.29) is 36.9 Å². The van der Waals surface area contributed by atoms with Gasteiger partial charge in [-0.25, -0.2) is 9.59 Å². The van der Waals surface area contributed by atoms with Crippen LogP contribution in [-0.2, 0) is 19.1 Å². The van der Waals surface area contributed by atoms with Crippen molar-refractivity contribution in [3.05, 3.63) is 76.9 Å². The quantitative estimate of drug-likeness (QED) is 0.611. The monoisotopic (exact) mass is 420 g/mol. The molecular weight excluding hydrogens is 392 g/mol. The third-order valence-corrected chi connectivity index (χ3v) is 6.47. The van der Waals surface area contributed by atoms with Crippen molar-refractivity contribution in [3.63, 3.8) is 0 Å². The number of ether oxygens (including phenoxy) is 3. The molecule has 5 heteroatoms. The number of esters is 2. The lowest BCUT2D eigenvalue weighted by Gasteiger charge is -2.34. The number of hydrogen-bond acceptors (Lipinski definition) is 5. The lowest BCUT2D eigenvalue weighted by Crippen LogP contribution is -2.30. The SMILES string of the molecule is CCOC(=O)C1=C(C(=O)OCC)C2CC1C(c1ccccc1)C2c1ccccc1OC. The number of carbonyl (C=O) groups is 2. The van der Waals surface area contributed by atoms with Crippen LogP contribution < -0.4 is 4.74 Å². The summed E-state index contributed by atoms with van der Waals surface area (Å²) in [6.07, 6.45) is 0.713. The van der Waals surface area contributed by atoms with Gasteiger partial charge < -0.3 is 14.2 Å². The first-order chi connectivity index (χ1) is 15.1. The van der Waals surface area contributed by atoms with Gasteiger partial charge in [0.25, 0.3) is 0 Å². The van der Waals surface area contributed by atoms with Gasteiger partial charge in [0.2, 0.25) is 0 Å². The Labute approximate surface area is 183 Å². The van der Waals surface area contributed by atoms with Crippen LogP contribution in [-0.4, -0.2) is 32.3 Å². The largest absolute Gasteiger partial charge is 0.496 e. The maximum Gasteiger partial charge on any atom is 0.334 e. The zero-order chi connectivity index (χ0) is 22.0. The molecule has 4 unspecified atom stereocenters. The predicted molar refractivity (Wildman–Crippen MR) is 117 cm³/mol. The second-order valence-electron chi connectivity index (χ2n) is 7.92. The summed E-state index contributed by atoms with van der Waals surface area (Å²) in [4.78, 5) is 26.0. The summed E-state index contributed by atoms with van der Waals surface area (Å²) in [7, 11) is 1.66. The van der Waals surface area contributed by atoms with E-state index < -0.39 is 11.9 Å². The molecule has 4 atom stereocenters. The molecule has 2 aliphatic carbocycles. The highest BCUT2D eigenvalue weighted by Gasteiger charge is 2.57. The van der Waals surface area contributed by atoms with Crippen molar-refractivity contribution >= 4 is 11.9 Å². The fourth-order valence-corrected chi connectivity index (χ4v) is 5.47. The predicted octanol–water partition coefficient (Wildman–Crippen LogP) is 4.64. The van der Waals surface area contributed by atoms with E-state index in [0.29, 0.717) is 17.6 Å². The molecule has 4 rings (SSSR count). The lowest BCUT2D eigenvalue weighted by molar-refractivity contribution is -0.142. The number of hydrogen-bond donors (Lipinski definition) is 0. The number of para-hydroxylation sites is 1. The summed E-state index contributed by atoms with van der Waals surface area (Å²) < 4.78 is 16.4. The third-order valence-electron chi connectivity index (χ3n) is 6.47. The Morgan fingerprint density at radius 1 is 0.806 bits per heavy atom. The van der Waals surface area contributed by atoms with E-state index in [0.717, 1.165) is 16.9 Å². The molecular formula is C26H28O5. The molecule has 162 valence electrons. The minimum atomic E-state index is -0.413. The first-order valence-corrected chi connectivity index (χ1v) is 10.9. The van der Waals surface area contributed by atoms with Crippen molar-refractivity contribution in [1.82, 2.24) is 0 Å². The first-order valence-electron chi connectivity index (χ1n) is 10.9. The molecule has 2 aromatic carbocycles. The summed E-state index contributed by atoms with van der Waals surface area (Å²) in [6, 6.07) is 18.2. The van der Waals surface area contributed by atoms with E-state index in [4.69, 9.17) is 14.2 Å². The number of carbonyl (C=O) groups excluding carboxylic acids is 2. The second kappa shape index (κ2) is 8.96. The Bertz CT molecular complexity index is 994. The Kier molecular flexibility index (Phi) is 6.12. The minimum absolute atomic E-state index is 0.00105. The molecule has 31 heavy (non-hydrogen) atoms. The number of benzene rings is 2. The van der Waals surface area contributed by atoms with Crippen molar-refractivity contribution in [2.24, 2.45) is 11.8 Å². The van der Waals surface area contributed by atoms with E-state index in [2.05, 4.69) is 18.2 Å². The van der Waals surface area contributed by atoms with Crippen LogP contribution in [0.15, 0.2) is 65.7 Å². The maximum atomic E-state index is 13.0. The molecule has 2 bridgehead atoms. The summed E-state index contributed by atoms with van der Waals surface area (Å²) in [6.45, 7) is 4.08. The van der Waals surface area contributed by atoms with Gasteiger partial charge in [0, 0.05) is 5.92 Å². The topological polar surface area (TPSA) is 61.8 Å². The van der Waals surface area contributed by atoms with Gasteiger partial charge in [-0.3, -0.25) is 0 Å². The number of methoxy groups -OCH3 is 1. The normalized spacial score (nSPS) is 24.2. The molecule has 0 aromatic heterocycles. The highest BCUT2D eigenvalue weighted by atomic mass is 16.5. The van der Waals surface area contributed by atoms with Crippen molar-refractivity contribution in [1.29, 1.82) is 0 Å². The van der Waals surface area contributed by atoms with E-state index in [9.17, 15) is 9.59 Å². The van der Waals surface area contributed by atoms with Crippen molar-refractivity contribution in [2.45, 2.75) is 32.1 Å². The molecule has 0 aliphatic heterocycles. The fraction of sp³-hybridized carbons (Fsp3) is 0.385. The molecule has 2 aromatic rings. The average molecular weight is 421 g/mol. The van der Waals surface area contributed by atoms with E-state index >= 15 is 0 Å². The van der Waals surface area contributed by atoms with E-state index in [1.54, 1.807) is 21.0 Å². The Morgan fingerprint density at radius 3 is 1.94 bits per heavy atom. The van der Waals surface area contributed by atoms with Gasteiger partial charge in [-0.2, -0.15) is 0 Å². The molecule has 0 saturated heterocycles.